The lowest BCUT2D eigenvalue weighted by Crippen LogP contribution is -2.10. The molecule has 0 bridgehead atoms. The fourth-order valence-electron chi connectivity index (χ4n) is 1.49. The van der Waals surface area contributed by atoms with Crippen molar-refractivity contribution in [2.24, 2.45) is 5.92 Å². The molecule has 0 unspecified atom stereocenters. The fourth-order valence-corrected chi connectivity index (χ4v) is 2.38. The van der Waals surface area contributed by atoms with Gasteiger partial charge in [-0.2, -0.15) is 4.98 Å². The van der Waals surface area contributed by atoms with Crippen LogP contribution in [-0.2, 0) is 0 Å². The lowest BCUT2D eigenvalue weighted by atomic mass is 10.2. The molecule has 3 N–H and O–H groups in total. The number of nitrogen functional groups attached to an aromatic ring is 1. The van der Waals surface area contributed by atoms with Crippen LogP contribution in [0.1, 0.15) is 18.7 Å². The zero-order valence-electron chi connectivity index (χ0n) is 9.74. The molecule has 2 aromatic rings. The molecule has 0 saturated heterocycles. The first-order valence-corrected chi connectivity index (χ1v) is 6.15. The number of aromatic nitrogens is 2. The second-order valence-corrected chi connectivity index (χ2v) is 5.52. The highest BCUT2D eigenvalue weighted by Crippen LogP contribution is 2.28. The van der Waals surface area contributed by atoms with Gasteiger partial charge < -0.3 is 11.1 Å². The third kappa shape index (κ3) is 2.24. The van der Waals surface area contributed by atoms with Crippen molar-refractivity contribution in [2.75, 3.05) is 17.6 Å². The summed E-state index contributed by atoms with van der Waals surface area (Å²) in [4.78, 5) is 10.7. The van der Waals surface area contributed by atoms with Gasteiger partial charge in [-0.1, -0.05) is 13.8 Å². The molecule has 86 valence electrons. The largest absolute Gasteiger partial charge is 0.369 e. The van der Waals surface area contributed by atoms with Gasteiger partial charge >= 0.3 is 0 Å². The Morgan fingerprint density at radius 3 is 2.88 bits per heavy atom. The van der Waals surface area contributed by atoms with Crippen molar-refractivity contribution in [3.05, 3.63) is 10.9 Å². The number of rotatable bonds is 3. The molecule has 5 heteroatoms. The predicted molar refractivity (Wildman–Crippen MR) is 69.9 cm³/mol. The summed E-state index contributed by atoms with van der Waals surface area (Å²) in [6.07, 6.45) is 0. The highest BCUT2D eigenvalue weighted by molar-refractivity contribution is 7.18. The first kappa shape index (κ1) is 11.1. The van der Waals surface area contributed by atoms with Crippen LogP contribution < -0.4 is 11.1 Å². The number of hydrogen-bond donors (Lipinski definition) is 2. The minimum atomic E-state index is 0.334. The molecule has 0 radical (unpaired) electrons. The highest BCUT2D eigenvalue weighted by Gasteiger charge is 2.09. The number of thiophene rings is 1. The summed E-state index contributed by atoms with van der Waals surface area (Å²) in [7, 11) is 0. The van der Waals surface area contributed by atoms with Crippen LogP contribution >= 0.6 is 11.3 Å². The topological polar surface area (TPSA) is 63.8 Å². The Kier molecular flexibility index (Phi) is 2.96. The van der Waals surface area contributed by atoms with E-state index >= 15 is 0 Å². The average molecular weight is 236 g/mol. The summed E-state index contributed by atoms with van der Waals surface area (Å²) in [5.41, 5.74) is 5.68. The van der Waals surface area contributed by atoms with Crippen LogP contribution in [0.3, 0.4) is 0 Å². The lowest BCUT2D eigenvalue weighted by molar-refractivity contribution is 0.687. The van der Waals surface area contributed by atoms with E-state index in [0.29, 0.717) is 11.9 Å². The van der Waals surface area contributed by atoms with Crippen LogP contribution in [0.4, 0.5) is 11.8 Å². The molecule has 0 spiro atoms. The van der Waals surface area contributed by atoms with E-state index in [9.17, 15) is 0 Å². The van der Waals surface area contributed by atoms with E-state index in [-0.39, 0.29) is 0 Å². The van der Waals surface area contributed by atoms with Crippen molar-refractivity contribution < 1.29 is 0 Å². The molecule has 0 aliphatic carbocycles. The predicted octanol–water partition coefficient (Wildman–Crippen LogP) is 2.65. The Morgan fingerprint density at radius 2 is 2.19 bits per heavy atom. The molecule has 0 atom stereocenters. The van der Waals surface area contributed by atoms with Crippen LogP contribution in [0.25, 0.3) is 10.2 Å². The first-order chi connectivity index (χ1) is 7.56. The summed E-state index contributed by atoms with van der Waals surface area (Å²) in [6, 6.07) is 2.10. The molecule has 0 aliphatic heterocycles. The average Bonchev–Trinajstić information content (AvgIpc) is 2.54. The van der Waals surface area contributed by atoms with Crippen molar-refractivity contribution in [3.63, 3.8) is 0 Å². The van der Waals surface area contributed by atoms with Gasteiger partial charge in [0.1, 0.15) is 10.6 Å². The van der Waals surface area contributed by atoms with E-state index in [4.69, 9.17) is 5.73 Å². The molecule has 2 rings (SSSR count). The second-order valence-electron chi connectivity index (χ2n) is 4.28. The molecule has 4 nitrogen and oxygen atoms in total. The van der Waals surface area contributed by atoms with E-state index in [1.54, 1.807) is 11.3 Å². The van der Waals surface area contributed by atoms with Gasteiger partial charge in [-0.15, -0.1) is 11.3 Å². The second kappa shape index (κ2) is 4.25. The van der Waals surface area contributed by atoms with Crippen molar-refractivity contribution in [3.8, 4) is 0 Å². The standard InChI is InChI=1S/C11H16N4S/c1-6(2)5-13-9-8-4-7(3)16-10(8)15-11(12)14-9/h4,6H,5H2,1-3H3,(H3,12,13,14,15). The van der Waals surface area contributed by atoms with Gasteiger partial charge in [0.2, 0.25) is 5.95 Å². The van der Waals surface area contributed by atoms with Gasteiger partial charge in [-0.3, -0.25) is 0 Å². The maximum atomic E-state index is 5.68. The van der Waals surface area contributed by atoms with E-state index in [2.05, 4.69) is 42.1 Å². The molecular formula is C11H16N4S. The van der Waals surface area contributed by atoms with Crippen molar-refractivity contribution >= 4 is 33.3 Å². The highest BCUT2D eigenvalue weighted by atomic mass is 32.1. The van der Waals surface area contributed by atoms with E-state index < -0.39 is 0 Å². The molecule has 2 aromatic heterocycles. The normalized spacial score (nSPS) is 11.2. The molecule has 0 saturated carbocycles. The summed E-state index contributed by atoms with van der Waals surface area (Å²) < 4.78 is 0. The van der Waals surface area contributed by atoms with Gasteiger partial charge in [-0.25, -0.2) is 4.98 Å². The van der Waals surface area contributed by atoms with Gasteiger partial charge in [0.05, 0.1) is 5.39 Å². The number of nitrogens with two attached hydrogens (primary N) is 1. The summed E-state index contributed by atoms with van der Waals surface area (Å²) in [5.74, 6) is 1.76. The van der Waals surface area contributed by atoms with Gasteiger partial charge in [0.25, 0.3) is 0 Å². The molecule has 0 amide bonds. The van der Waals surface area contributed by atoms with Crippen molar-refractivity contribution in [1.82, 2.24) is 9.97 Å². The minimum Gasteiger partial charge on any atom is -0.369 e. The number of hydrogen-bond acceptors (Lipinski definition) is 5. The van der Waals surface area contributed by atoms with Crippen LogP contribution in [0.5, 0.6) is 0 Å². The van der Waals surface area contributed by atoms with Crippen molar-refractivity contribution in [2.45, 2.75) is 20.8 Å². The summed E-state index contributed by atoms with van der Waals surface area (Å²) in [6.45, 7) is 7.27. The van der Waals surface area contributed by atoms with E-state index in [0.717, 1.165) is 22.6 Å². The molecule has 0 aliphatic rings. The third-order valence-corrected chi connectivity index (χ3v) is 3.16. The first-order valence-electron chi connectivity index (χ1n) is 5.34. The van der Waals surface area contributed by atoms with Crippen LogP contribution in [-0.4, -0.2) is 16.5 Å². The molecule has 0 fully saturated rings. The molecule has 2 heterocycles. The Bertz CT molecular complexity index is 504. The van der Waals surface area contributed by atoms with Gasteiger partial charge in [0.15, 0.2) is 0 Å². The van der Waals surface area contributed by atoms with E-state index in [1.807, 2.05) is 0 Å². The molecule has 0 aromatic carbocycles. The Hall–Kier alpha value is -1.36. The van der Waals surface area contributed by atoms with E-state index in [1.165, 1.54) is 4.88 Å². The van der Waals surface area contributed by atoms with Gasteiger partial charge in [0, 0.05) is 11.4 Å². The Morgan fingerprint density at radius 1 is 1.44 bits per heavy atom. The zero-order valence-corrected chi connectivity index (χ0v) is 10.6. The Balaban J connectivity index is 2.41. The van der Waals surface area contributed by atoms with Crippen LogP contribution in [0.2, 0.25) is 0 Å². The zero-order chi connectivity index (χ0) is 11.7. The van der Waals surface area contributed by atoms with Gasteiger partial charge in [-0.05, 0) is 18.9 Å². The number of anilines is 2. The summed E-state index contributed by atoms with van der Waals surface area (Å²) >= 11 is 1.64. The SMILES string of the molecule is Cc1cc2c(NCC(C)C)nc(N)nc2s1. The number of nitrogens with one attached hydrogen (secondary N) is 1. The number of aryl methyl sites for hydroxylation is 1. The number of fused-ring (bicyclic) bond motifs is 1. The third-order valence-electron chi connectivity index (χ3n) is 2.21. The number of nitrogens with zero attached hydrogens (tertiary/aromatic N) is 2. The maximum absolute atomic E-state index is 5.68. The van der Waals surface area contributed by atoms with Crippen LogP contribution in [0.15, 0.2) is 6.07 Å². The van der Waals surface area contributed by atoms with Crippen molar-refractivity contribution in [1.29, 1.82) is 0 Å². The summed E-state index contributed by atoms with van der Waals surface area (Å²) in [5, 5.41) is 4.38. The Labute approximate surface area is 98.9 Å². The quantitative estimate of drug-likeness (QED) is 0.860. The monoisotopic (exact) mass is 236 g/mol. The fraction of sp³-hybridized carbons (Fsp3) is 0.455. The minimum absolute atomic E-state index is 0.334. The maximum Gasteiger partial charge on any atom is 0.223 e. The smallest absolute Gasteiger partial charge is 0.223 e. The molecule has 16 heavy (non-hydrogen) atoms. The van der Waals surface area contributed by atoms with Crippen LogP contribution in [0, 0.1) is 12.8 Å². The lowest BCUT2D eigenvalue weighted by Gasteiger charge is -2.09. The molecular weight excluding hydrogens is 220 g/mol.